The van der Waals surface area contributed by atoms with Gasteiger partial charge in [-0.05, 0) is 24.6 Å². The van der Waals surface area contributed by atoms with Crippen LogP contribution in [0.15, 0.2) is 53.9 Å². The first kappa shape index (κ1) is 18.6. The van der Waals surface area contributed by atoms with E-state index in [4.69, 9.17) is 19.9 Å². The lowest BCUT2D eigenvalue weighted by molar-refractivity contribution is -0.131. The molecule has 2 aromatic carbocycles. The maximum atomic E-state index is 13.4. The van der Waals surface area contributed by atoms with Crippen molar-refractivity contribution in [2.24, 2.45) is 0 Å². The molecular formula is C22H20N4O3S. The molecular weight excluding hydrogens is 400 g/mol. The highest BCUT2D eigenvalue weighted by molar-refractivity contribution is 7.10. The lowest BCUT2D eigenvalue weighted by atomic mass is 9.78. The second-order valence-corrected chi connectivity index (χ2v) is 8.38. The van der Waals surface area contributed by atoms with Crippen molar-refractivity contribution < 1.29 is 14.3 Å². The van der Waals surface area contributed by atoms with Gasteiger partial charge in [-0.3, -0.25) is 15.1 Å². The zero-order valence-electron chi connectivity index (χ0n) is 16.5. The number of benzene rings is 2. The summed E-state index contributed by atoms with van der Waals surface area (Å²) in [6, 6.07) is 15.5. The van der Waals surface area contributed by atoms with Gasteiger partial charge in [0.15, 0.2) is 17.5 Å². The Balaban J connectivity index is 1.61. The van der Waals surface area contributed by atoms with Crippen molar-refractivity contribution in [2.75, 3.05) is 13.8 Å². The van der Waals surface area contributed by atoms with E-state index in [1.54, 1.807) is 7.05 Å². The van der Waals surface area contributed by atoms with E-state index in [2.05, 4.69) is 5.32 Å². The second-order valence-electron chi connectivity index (χ2n) is 7.52. The molecule has 0 unspecified atom stereocenters. The highest BCUT2D eigenvalue weighted by Gasteiger charge is 2.50. The Hall–Kier alpha value is -3.39. The van der Waals surface area contributed by atoms with E-state index in [9.17, 15) is 4.79 Å². The van der Waals surface area contributed by atoms with Crippen LogP contribution in [-0.4, -0.2) is 35.6 Å². The average Bonchev–Trinajstić information content (AvgIpc) is 3.42. The van der Waals surface area contributed by atoms with E-state index in [0.29, 0.717) is 11.5 Å². The number of hydrogen-bond acceptors (Lipinski definition) is 6. The largest absolute Gasteiger partial charge is 0.454 e. The third kappa shape index (κ3) is 2.83. The molecule has 8 heteroatoms. The molecule has 1 aromatic heterocycles. The van der Waals surface area contributed by atoms with E-state index in [1.165, 1.54) is 16.2 Å². The van der Waals surface area contributed by atoms with Crippen LogP contribution in [0.2, 0.25) is 0 Å². The molecule has 0 radical (unpaired) electrons. The standard InChI is InChI=1S/C22H20N4O3S/c1-22(20-24-15(11-30-20)13-6-4-3-5-7-13)18(19(27)26(2)21(23)25-22)14-8-9-16-17(10-14)29-12-28-16/h3-11,18H,12H2,1-2H3,(H2,23,25)/t18-,22-/m0/s1. The SMILES string of the molecule is CN1C(=N)N[C@](C)(c2nc(-c3ccccc3)cs2)[C@@H](c2ccc3c(c2)OCO3)C1=O. The van der Waals surface area contributed by atoms with Gasteiger partial charge >= 0.3 is 0 Å². The highest BCUT2D eigenvalue weighted by Crippen LogP contribution is 2.45. The van der Waals surface area contributed by atoms with Crippen LogP contribution < -0.4 is 14.8 Å². The number of likely N-dealkylation sites (N-methyl/N-ethyl adjacent to an activating group) is 1. The quantitative estimate of drug-likeness (QED) is 0.677. The van der Waals surface area contributed by atoms with Gasteiger partial charge in [-0.15, -0.1) is 11.3 Å². The summed E-state index contributed by atoms with van der Waals surface area (Å²) in [7, 11) is 1.61. The molecule has 5 rings (SSSR count). The van der Waals surface area contributed by atoms with E-state index >= 15 is 0 Å². The first-order valence-corrected chi connectivity index (χ1v) is 10.4. The van der Waals surface area contributed by atoms with Crippen LogP contribution >= 0.6 is 11.3 Å². The van der Waals surface area contributed by atoms with Gasteiger partial charge in [-0.25, -0.2) is 4.98 Å². The first-order chi connectivity index (χ1) is 14.5. The Morgan fingerprint density at radius 1 is 1.20 bits per heavy atom. The maximum Gasteiger partial charge on any atom is 0.239 e. The van der Waals surface area contributed by atoms with Crippen molar-refractivity contribution in [3.8, 4) is 22.8 Å². The molecule has 2 aliphatic rings. The number of carbonyl (C=O) groups is 1. The molecule has 0 spiro atoms. The molecule has 3 aromatic rings. The van der Waals surface area contributed by atoms with Crippen LogP contribution in [0.4, 0.5) is 0 Å². The van der Waals surface area contributed by atoms with E-state index in [-0.39, 0.29) is 18.7 Å². The summed E-state index contributed by atoms with van der Waals surface area (Å²) in [5.41, 5.74) is 1.76. The fraction of sp³-hybridized carbons (Fsp3) is 0.227. The predicted molar refractivity (Wildman–Crippen MR) is 114 cm³/mol. The average molecular weight is 420 g/mol. The Bertz CT molecular complexity index is 1150. The van der Waals surface area contributed by atoms with Gasteiger partial charge in [0.2, 0.25) is 12.7 Å². The highest BCUT2D eigenvalue weighted by atomic mass is 32.1. The normalized spacial score (nSPS) is 22.9. The monoisotopic (exact) mass is 420 g/mol. The number of nitrogens with one attached hydrogen (secondary N) is 2. The molecule has 30 heavy (non-hydrogen) atoms. The molecule has 152 valence electrons. The zero-order chi connectivity index (χ0) is 20.9. The molecule has 1 fully saturated rings. The summed E-state index contributed by atoms with van der Waals surface area (Å²) in [5, 5.41) is 14.3. The van der Waals surface area contributed by atoms with Gasteiger partial charge in [-0.1, -0.05) is 36.4 Å². The van der Waals surface area contributed by atoms with Gasteiger partial charge in [0.1, 0.15) is 10.5 Å². The van der Waals surface area contributed by atoms with Gasteiger partial charge in [0.05, 0.1) is 11.6 Å². The number of guanidine groups is 1. The third-order valence-corrected chi connectivity index (χ3v) is 6.70. The molecule has 0 saturated carbocycles. The number of hydrogen-bond donors (Lipinski definition) is 2. The number of fused-ring (bicyclic) bond motifs is 1. The fourth-order valence-electron chi connectivity index (χ4n) is 3.95. The van der Waals surface area contributed by atoms with Gasteiger partial charge in [-0.2, -0.15) is 0 Å². The molecule has 2 aliphatic heterocycles. The van der Waals surface area contributed by atoms with Crippen LogP contribution in [0.1, 0.15) is 23.4 Å². The molecule has 0 bridgehead atoms. The molecule has 7 nitrogen and oxygen atoms in total. The van der Waals surface area contributed by atoms with Crippen LogP contribution in [0, 0.1) is 5.41 Å². The minimum atomic E-state index is -0.883. The summed E-state index contributed by atoms with van der Waals surface area (Å²) < 4.78 is 10.9. The van der Waals surface area contributed by atoms with Crippen molar-refractivity contribution in [3.63, 3.8) is 0 Å². The molecule has 3 heterocycles. The summed E-state index contributed by atoms with van der Waals surface area (Å²) in [6.45, 7) is 2.10. The van der Waals surface area contributed by atoms with Crippen LogP contribution in [0.25, 0.3) is 11.3 Å². The topological polar surface area (TPSA) is 87.5 Å². The van der Waals surface area contributed by atoms with Gasteiger partial charge < -0.3 is 14.8 Å². The minimum absolute atomic E-state index is 0.0518. The summed E-state index contributed by atoms with van der Waals surface area (Å²) in [5.74, 6) is 0.585. The number of rotatable bonds is 3. The molecule has 0 aliphatic carbocycles. The van der Waals surface area contributed by atoms with E-state index in [1.807, 2.05) is 60.8 Å². The van der Waals surface area contributed by atoms with Crippen molar-refractivity contribution in [3.05, 3.63) is 64.5 Å². The number of carbonyl (C=O) groups excluding carboxylic acids is 1. The molecule has 1 saturated heterocycles. The molecule has 2 atom stereocenters. The Labute approximate surface area is 177 Å². The van der Waals surface area contributed by atoms with Gasteiger partial charge in [0.25, 0.3) is 0 Å². The number of amides is 1. The van der Waals surface area contributed by atoms with Crippen molar-refractivity contribution in [1.29, 1.82) is 5.41 Å². The lowest BCUT2D eigenvalue weighted by Crippen LogP contribution is -2.62. The van der Waals surface area contributed by atoms with E-state index in [0.717, 1.165) is 21.8 Å². The number of nitrogens with zero attached hydrogens (tertiary/aromatic N) is 2. The summed E-state index contributed by atoms with van der Waals surface area (Å²) in [4.78, 5) is 19.5. The van der Waals surface area contributed by atoms with Crippen molar-refractivity contribution >= 4 is 23.2 Å². The predicted octanol–water partition coefficient (Wildman–Crippen LogP) is 3.53. The number of ether oxygens (including phenoxy) is 2. The minimum Gasteiger partial charge on any atom is -0.454 e. The number of thiazole rings is 1. The van der Waals surface area contributed by atoms with Crippen LogP contribution in [0.5, 0.6) is 11.5 Å². The smallest absolute Gasteiger partial charge is 0.239 e. The number of aromatic nitrogens is 1. The molecule has 2 N–H and O–H groups in total. The Morgan fingerprint density at radius 2 is 1.97 bits per heavy atom. The van der Waals surface area contributed by atoms with Crippen molar-refractivity contribution in [1.82, 2.24) is 15.2 Å². The Morgan fingerprint density at radius 3 is 2.77 bits per heavy atom. The zero-order valence-corrected chi connectivity index (χ0v) is 17.3. The second kappa shape index (κ2) is 6.84. The Kier molecular flexibility index (Phi) is 4.25. The fourth-order valence-corrected chi connectivity index (χ4v) is 4.93. The van der Waals surface area contributed by atoms with Gasteiger partial charge in [0, 0.05) is 18.0 Å². The summed E-state index contributed by atoms with van der Waals surface area (Å²) in [6.07, 6.45) is 0. The van der Waals surface area contributed by atoms with Crippen LogP contribution in [0.3, 0.4) is 0 Å². The molecule has 1 amide bonds. The maximum absolute atomic E-state index is 13.4. The van der Waals surface area contributed by atoms with Crippen LogP contribution in [-0.2, 0) is 10.3 Å². The van der Waals surface area contributed by atoms with Crippen molar-refractivity contribution in [2.45, 2.75) is 18.4 Å². The van der Waals surface area contributed by atoms with E-state index < -0.39 is 11.5 Å². The third-order valence-electron chi connectivity index (χ3n) is 5.62. The summed E-state index contributed by atoms with van der Waals surface area (Å²) >= 11 is 1.48. The lowest BCUT2D eigenvalue weighted by Gasteiger charge is -2.44. The first-order valence-electron chi connectivity index (χ1n) is 9.52.